The average Bonchev–Trinajstić information content (AvgIpc) is 2.52. The molecular formula is C18H25FN2O. The summed E-state index contributed by atoms with van der Waals surface area (Å²) in [7, 11) is 1.86. The zero-order valence-electron chi connectivity index (χ0n) is 13.6. The van der Waals surface area contributed by atoms with Crippen LogP contribution in [0.1, 0.15) is 32.3 Å². The minimum absolute atomic E-state index is 0.0211. The van der Waals surface area contributed by atoms with Crippen LogP contribution in [0.3, 0.4) is 0 Å². The van der Waals surface area contributed by atoms with Gasteiger partial charge in [-0.15, -0.1) is 0 Å². The topological polar surface area (TPSA) is 23.6 Å². The first-order chi connectivity index (χ1) is 10.5. The maximum atomic E-state index is 13.1. The number of carbonyl (C=O) groups is 1. The summed E-state index contributed by atoms with van der Waals surface area (Å²) >= 11 is 0. The minimum Gasteiger partial charge on any atom is -0.339 e. The lowest BCUT2D eigenvalue weighted by Gasteiger charge is -2.38. The van der Waals surface area contributed by atoms with Crippen molar-refractivity contribution in [2.24, 2.45) is 0 Å². The molecule has 2 rings (SSSR count). The lowest BCUT2D eigenvalue weighted by atomic mass is 10.0. The van der Waals surface area contributed by atoms with Gasteiger partial charge in [-0.1, -0.05) is 12.1 Å². The number of nitrogens with zero attached hydrogens (tertiary/aromatic N) is 2. The van der Waals surface area contributed by atoms with Gasteiger partial charge in [0.2, 0.25) is 5.91 Å². The van der Waals surface area contributed by atoms with Crippen molar-refractivity contribution in [1.82, 2.24) is 9.80 Å². The molecule has 0 saturated carbocycles. The van der Waals surface area contributed by atoms with Crippen LogP contribution < -0.4 is 0 Å². The molecule has 1 fully saturated rings. The highest BCUT2D eigenvalue weighted by molar-refractivity contribution is 5.91. The Morgan fingerprint density at radius 1 is 1.36 bits per heavy atom. The summed E-state index contributed by atoms with van der Waals surface area (Å²) < 4.78 is 13.1. The Hall–Kier alpha value is -1.68. The van der Waals surface area contributed by atoms with Crippen molar-refractivity contribution < 1.29 is 9.18 Å². The molecule has 0 spiro atoms. The fourth-order valence-corrected chi connectivity index (χ4v) is 2.86. The SMILES string of the molecule is CC(C)N1CCC(N(C)C(=O)/C=C/c2cccc(F)c2)CC1. The Bertz CT molecular complexity index is 534. The lowest BCUT2D eigenvalue weighted by molar-refractivity contribution is -0.127. The first-order valence-corrected chi connectivity index (χ1v) is 7.92. The summed E-state index contributed by atoms with van der Waals surface area (Å²) in [5.74, 6) is -0.309. The van der Waals surface area contributed by atoms with E-state index in [1.165, 1.54) is 18.2 Å². The number of benzene rings is 1. The average molecular weight is 304 g/mol. The summed E-state index contributed by atoms with van der Waals surface area (Å²) in [5, 5.41) is 0. The molecule has 1 saturated heterocycles. The summed E-state index contributed by atoms with van der Waals surface area (Å²) in [6.07, 6.45) is 5.22. The molecule has 1 aliphatic heterocycles. The Balaban J connectivity index is 1.90. The standard InChI is InChI=1S/C18H25FN2O/c1-14(2)21-11-9-17(10-12-21)20(3)18(22)8-7-15-5-4-6-16(19)13-15/h4-8,13-14,17H,9-12H2,1-3H3/b8-7+. The highest BCUT2D eigenvalue weighted by atomic mass is 19.1. The van der Waals surface area contributed by atoms with E-state index in [2.05, 4.69) is 18.7 Å². The summed E-state index contributed by atoms with van der Waals surface area (Å²) in [5.41, 5.74) is 0.705. The van der Waals surface area contributed by atoms with Crippen LogP contribution >= 0.6 is 0 Å². The predicted octanol–water partition coefficient (Wildman–Crippen LogP) is 3.17. The molecule has 0 N–H and O–H groups in total. The minimum atomic E-state index is -0.288. The number of likely N-dealkylation sites (tertiary alicyclic amines) is 1. The molecular weight excluding hydrogens is 279 g/mol. The van der Waals surface area contributed by atoms with E-state index in [4.69, 9.17) is 0 Å². The molecule has 0 radical (unpaired) electrons. The van der Waals surface area contributed by atoms with E-state index >= 15 is 0 Å². The third-order valence-electron chi connectivity index (χ3n) is 4.39. The van der Waals surface area contributed by atoms with Crippen molar-refractivity contribution in [3.63, 3.8) is 0 Å². The van der Waals surface area contributed by atoms with E-state index in [-0.39, 0.29) is 11.7 Å². The number of carbonyl (C=O) groups excluding carboxylic acids is 1. The van der Waals surface area contributed by atoms with Gasteiger partial charge in [-0.25, -0.2) is 4.39 Å². The van der Waals surface area contributed by atoms with Crippen LogP contribution in [0.25, 0.3) is 6.08 Å². The van der Waals surface area contributed by atoms with Crippen molar-refractivity contribution in [3.05, 3.63) is 41.7 Å². The number of hydrogen-bond donors (Lipinski definition) is 0. The van der Waals surface area contributed by atoms with Crippen LogP contribution in [0.2, 0.25) is 0 Å². The molecule has 0 aliphatic carbocycles. The molecule has 22 heavy (non-hydrogen) atoms. The number of likely N-dealkylation sites (N-methyl/N-ethyl adjacent to an activating group) is 1. The van der Waals surface area contributed by atoms with Crippen LogP contribution in [0.5, 0.6) is 0 Å². The second-order valence-corrected chi connectivity index (χ2v) is 6.20. The van der Waals surface area contributed by atoms with Gasteiger partial charge in [-0.2, -0.15) is 0 Å². The molecule has 1 aliphatic rings. The van der Waals surface area contributed by atoms with E-state index in [1.54, 1.807) is 18.2 Å². The van der Waals surface area contributed by atoms with Gasteiger partial charge in [0.1, 0.15) is 5.82 Å². The van der Waals surface area contributed by atoms with Gasteiger partial charge in [0.25, 0.3) is 0 Å². The quantitative estimate of drug-likeness (QED) is 0.798. The van der Waals surface area contributed by atoms with E-state index in [9.17, 15) is 9.18 Å². The number of halogens is 1. The van der Waals surface area contributed by atoms with Gasteiger partial charge in [-0.05, 0) is 50.5 Å². The molecule has 1 amide bonds. The van der Waals surface area contributed by atoms with Crippen molar-refractivity contribution in [1.29, 1.82) is 0 Å². The molecule has 0 unspecified atom stereocenters. The first-order valence-electron chi connectivity index (χ1n) is 7.92. The largest absolute Gasteiger partial charge is 0.339 e. The molecule has 0 atom stereocenters. The Morgan fingerprint density at radius 3 is 2.64 bits per heavy atom. The van der Waals surface area contributed by atoms with E-state index in [1.807, 2.05) is 11.9 Å². The molecule has 1 aromatic rings. The van der Waals surface area contributed by atoms with E-state index in [0.29, 0.717) is 17.6 Å². The number of amides is 1. The maximum absolute atomic E-state index is 13.1. The zero-order chi connectivity index (χ0) is 16.1. The van der Waals surface area contributed by atoms with Crippen molar-refractivity contribution >= 4 is 12.0 Å². The highest BCUT2D eigenvalue weighted by Gasteiger charge is 2.25. The third-order valence-corrected chi connectivity index (χ3v) is 4.39. The third kappa shape index (κ3) is 4.41. The highest BCUT2D eigenvalue weighted by Crippen LogP contribution is 2.17. The Labute approximate surface area is 132 Å². The molecule has 4 heteroatoms. The molecule has 120 valence electrons. The molecule has 3 nitrogen and oxygen atoms in total. The normalized spacial score (nSPS) is 17.3. The van der Waals surface area contributed by atoms with Gasteiger partial charge < -0.3 is 9.80 Å². The van der Waals surface area contributed by atoms with Gasteiger partial charge in [-0.3, -0.25) is 4.79 Å². The smallest absolute Gasteiger partial charge is 0.246 e. The summed E-state index contributed by atoms with van der Waals surface area (Å²) in [4.78, 5) is 16.5. The first kappa shape index (κ1) is 16.7. The predicted molar refractivity (Wildman–Crippen MR) is 87.9 cm³/mol. The number of rotatable bonds is 4. The van der Waals surface area contributed by atoms with Crippen LogP contribution in [0.4, 0.5) is 4.39 Å². The van der Waals surface area contributed by atoms with E-state index < -0.39 is 0 Å². The number of piperidine rings is 1. The van der Waals surface area contributed by atoms with Crippen LogP contribution in [0.15, 0.2) is 30.3 Å². The van der Waals surface area contributed by atoms with Gasteiger partial charge in [0.15, 0.2) is 0 Å². The van der Waals surface area contributed by atoms with Crippen molar-refractivity contribution in [2.75, 3.05) is 20.1 Å². The van der Waals surface area contributed by atoms with Crippen LogP contribution in [-0.4, -0.2) is 47.9 Å². The fourth-order valence-electron chi connectivity index (χ4n) is 2.86. The lowest BCUT2D eigenvalue weighted by Crippen LogP contribution is -2.47. The monoisotopic (exact) mass is 304 g/mol. The van der Waals surface area contributed by atoms with Crippen LogP contribution in [-0.2, 0) is 4.79 Å². The summed E-state index contributed by atoms with van der Waals surface area (Å²) in [6, 6.07) is 7.10. The van der Waals surface area contributed by atoms with Gasteiger partial charge in [0, 0.05) is 38.3 Å². The second kappa shape index (κ2) is 7.54. The van der Waals surface area contributed by atoms with Gasteiger partial charge >= 0.3 is 0 Å². The summed E-state index contributed by atoms with van der Waals surface area (Å²) in [6.45, 7) is 6.48. The Morgan fingerprint density at radius 2 is 2.05 bits per heavy atom. The second-order valence-electron chi connectivity index (χ2n) is 6.20. The van der Waals surface area contributed by atoms with Crippen molar-refractivity contribution in [3.8, 4) is 0 Å². The molecule has 1 aromatic carbocycles. The van der Waals surface area contributed by atoms with E-state index in [0.717, 1.165) is 25.9 Å². The maximum Gasteiger partial charge on any atom is 0.246 e. The van der Waals surface area contributed by atoms with Crippen LogP contribution in [0, 0.1) is 5.82 Å². The fraction of sp³-hybridized carbons (Fsp3) is 0.500. The van der Waals surface area contributed by atoms with Gasteiger partial charge in [0.05, 0.1) is 0 Å². The Kier molecular flexibility index (Phi) is 5.72. The molecule has 1 heterocycles. The molecule has 0 bridgehead atoms. The zero-order valence-corrected chi connectivity index (χ0v) is 13.6. The van der Waals surface area contributed by atoms with Crippen molar-refractivity contribution in [2.45, 2.75) is 38.8 Å². The number of hydrogen-bond acceptors (Lipinski definition) is 2. The molecule has 0 aromatic heterocycles.